The van der Waals surface area contributed by atoms with Gasteiger partial charge in [-0.15, -0.1) is 16.8 Å². The lowest BCUT2D eigenvalue weighted by atomic mass is 10.1. The van der Waals surface area contributed by atoms with Crippen LogP contribution in [0.3, 0.4) is 0 Å². The number of Topliss-reactive ketones (excluding diaryl/α,β-unsaturated/α-hetero) is 1. The molecule has 0 spiro atoms. The molecule has 0 N–H and O–H groups in total. The molecule has 3 rings (SSSR count). The van der Waals surface area contributed by atoms with E-state index in [1.54, 1.807) is 36.4 Å². The molecule has 0 saturated carbocycles. The number of hydrogen-bond acceptors (Lipinski definition) is 5. The standard InChI is InChI=1S/C20H18FN3O2S/c1-3-12-24-19(14-8-10-15(21)11-9-14)22-23-20(24)27-13-17(25)16-6-4-5-7-18(16)26-2/h3-11H,1,12-13H2,2H3. The molecule has 2 aromatic carbocycles. The van der Waals surface area contributed by atoms with Gasteiger partial charge in [0.1, 0.15) is 11.6 Å². The Balaban J connectivity index is 1.81. The van der Waals surface area contributed by atoms with Crippen molar-refractivity contribution in [2.24, 2.45) is 0 Å². The van der Waals surface area contributed by atoms with E-state index < -0.39 is 0 Å². The minimum absolute atomic E-state index is 0.0612. The fourth-order valence-electron chi connectivity index (χ4n) is 2.58. The average Bonchev–Trinajstić information content (AvgIpc) is 3.09. The van der Waals surface area contributed by atoms with Crippen molar-refractivity contribution in [3.8, 4) is 17.1 Å². The van der Waals surface area contributed by atoms with Crippen LogP contribution in [-0.4, -0.2) is 33.4 Å². The number of allylic oxidation sites excluding steroid dienone is 1. The van der Waals surface area contributed by atoms with Crippen LogP contribution in [-0.2, 0) is 6.54 Å². The highest BCUT2D eigenvalue weighted by Gasteiger charge is 2.17. The van der Waals surface area contributed by atoms with Crippen LogP contribution < -0.4 is 4.74 Å². The molecular weight excluding hydrogens is 365 g/mol. The van der Waals surface area contributed by atoms with E-state index >= 15 is 0 Å². The van der Waals surface area contributed by atoms with Crippen molar-refractivity contribution >= 4 is 17.5 Å². The monoisotopic (exact) mass is 383 g/mol. The number of thioether (sulfide) groups is 1. The molecule has 3 aromatic rings. The molecule has 0 aliphatic carbocycles. The molecule has 0 fully saturated rings. The van der Waals surface area contributed by atoms with Gasteiger partial charge in [0.2, 0.25) is 0 Å². The third kappa shape index (κ3) is 4.25. The lowest BCUT2D eigenvalue weighted by Crippen LogP contribution is -2.07. The molecule has 138 valence electrons. The Morgan fingerprint density at radius 2 is 1.96 bits per heavy atom. The zero-order chi connectivity index (χ0) is 19.2. The van der Waals surface area contributed by atoms with E-state index in [1.165, 1.54) is 31.0 Å². The smallest absolute Gasteiger partial charge is 0.192 e. The van der Waals surface area contributed by atoms with Crippen LogP contribution in [0.1, 0.15) is 10.4 Å². The molecule has 5 nitrogen and oxygen atoms in total. The predicted octanol–water partition coefficient (Wildman–Crippen LogP) is 4.25. The van der Waals surface area contributed by atoms with Crippen LogP contribution in [0.2, 0.25) is 0 Å². The van der Waals surface area contributed by atoms with Crippen molar-refractivity contribution in [2.75, 3.05) is 12.9 Å². The number of halogens is 1. The van der Waals surface area contributed by atoms with Crippen molar-refractivity contribution in [3.63, 3.8) is 0 Å². The molecule has 1 heterocycles. The van der Waals surface area contributed by atoms with E-state index in [-0.39, 0.29) is 17.4 Å². The van der Waals surface area contributed by atoms with Gasteiger partial charge in [0, 0.05) is 12.1 Å². The number of hydrogen-bond donors (Lipinski definition) is 0. The third-order valence-corrected chi connectivity index (χ3v) is 4.84. The number of carbonyl (C=O) groups is 1. The summed E-state index contributed by atoms with van der Waals surface area (Å²) in [6, 6.07) is 13.2. The third-order valence-electron chi connectivity index (χ3n) is 3.87. The molecule has 0 atom stereocenters. The summed E-state index contributed by atoms with van der Waals surface area (Å²) in [6.07, 6.45) is 1.72. The first-order valence-corrected chi connectivity index (χ1v) is 9.21. The van der Waals surface area contributed by atoms with Gasteiger partial charge in [-0.25, -0.2) is 4.39 Å². The number of nitrogens with zero attached hydrogens (tertiary/aromatic N) is 3. The maximum Gasteiger partial charge on any atom is 0.192 e. The van der Waals surface area contributed by atoms with Crippen LogP contribution in [0.15, 0.2) is 66.3 Å². The number of aromatic nitrogens is 3. The lowest BCUT2D eigenvalue weighted by Gasteiger charge is -2.09. The second-order valence-electron chi connectivity index (χ2n) is 5.62. The van der Waals surface area contributed by atoms with Gasteiger partial charge in [0.15, 0.2) is 16.8 Å². The molecule has 0 radical (unpaired) electrons. The molecule has 0 amide bonds. The number of rotatable bonds is 8. The summed E-state index contributed by atoms with van der Waals surface area (Å²) in [5.74, 6) is 0.961. The van der Waals surface area contributed by atoms with E-state index in [1.807, 2.05) is 10.6 Å². The zero-order valence-corrected chi connectivity index (χ0v) is 15.6. The summed E-state index contributed by atoms with van der Waals surface area (Å²) in [5, 5.41) is 8.99. The molecule has 0 bridgehead atoms. The Labute approximate surface area is 160 Å². The Morgan fingerprint density at radius 3 is 2.67 bits per heavy atom. The van der Waals surface area contributed by atoms with Crippen molar-refractivity contribution in [2.45, 2.75) is 11.7 Å². The van der Waals surface area contributed by atoms with Gasteiger partial charge >= 0.3 is 0 Å². The van der Waals surface area contributed by atoms with Gasteiger partial charge in [-0.05, 0) is 36.4 Å². The maximum absolute atomic E-state index is 13.2. The zero-order valence-electron chi connectivity index (χ0n) is 14.8. The Morgan fingerprint density at radius 1 is 1.22 bits per heavy atom. The molecule has 0 aliphatic heterocycles. The first kappa shape index (κ1) is 18.8. The number of benzene rings is 2. The van der Waals surface area contributed by atoms with E-state index in [0.717, 1.165) is 5.56 Å². The van der Waals surface area contributed by atoms with Gasteiger partial charge in [-0.1, -0.05) is 30.0 Å². The Bertz CT molecular complexity index is 954. The number of carbonyl (C=O) groups excluding carboxylic acids is 1. The van der Waals surface area contributed by atoms with Gasteiger partial charge in [0.05, 0.1) is 18.4 Å². The fraction of sp³-hybridized carbons (Fsp3) is 0.150. The second-order valence-corrected chi connectivity index (χ2v) is 6.57. The van der Waals surface area contributed by atoms with E-state index in [4.69, 9.17) is 4.74 Å². The molecule has 7 heteroatoms. The summed E-state index contributed by atoms with van der Waals surface area (Å²) < 4.78 is 20.3. The normalized spacial score (nSPS) is 10.6. The summed E-state index contributed by atoms with van der Waals surface area (Å²) in [5.41, 5.74) is 1.27. The van der Waals surface area contributed by atoms with Crippen LogP contribution in [0.25, 0.3) is 11.4 Å². The molecule has 0 aliphatic rings. The van der Waals surface area contributed by atoms with Crippen molar-refractivity contribution < 1.29 is 13.9 Å². The fourth-order valence-corrected chi connectivity index (χ4v) is 3.42. The van der Waals surface area contributed by atoms with Crippen molar-refractivity contribution in [1.29, 1.82) is 0 Å². The largest absolute Gasteiger partial charge is 0.496 e. The molecule has 0 saturated heterocycles. The summed E-state index contributed by atoms with van der Waals surface area (Å²) in [7, 11) is 1.54. The van der Waals surface area contributed by atoms with Crippen molar-refractivity contribution in [3.05, 3.63) is 72.6 Å². The molecule has 0 unspecified atom stereocenters. The Kier molecular flexibility index (Phi) is 6.03. The van der Waals surface area contributed by atoms with Gasteiger partial charge in [0.25, 0.3) is 0 Å². The van der Waals surface area contributed by atoms with E-state index in [2.05, 4.69) is 16.8 Å². The van der Waals surface area contributed by atoms with Crippen LogP contribution in [0, 0.1) is 5.82 Å². The number of para-hydroxylation sites is 1. The number of ether oxygens (including phenoxy) is 1. The SMILES string of the molecule is C=CCn1c(SCC(=O)c2ccccc2OC)nnc1-c1ccc(F)cc1. The number of methoxy groups -OCH3 is 1. The topological polar surface area (TPSA) is 57.0 Å². The van der Waals surface area contributed by atoms with Gasteiger partial charge < -0.3 is 4.74 Å². The van der Waals surface area contributed by atoms with Crippen molar-refractivity contribution in [1.82, 2.24) is 14.8 Å². The average molecular weight is 383 g/mol. The molecular formula is C20H18FN3O2S. The summed E-state index contributed by atoms with van der Waals surface area (Å²) in [6.45, 7) is 4.24. The minimum atomic E-state index is -0.314. The highest BCUT2D eigenvalue weighted by Crippen LogP contribution is 2.26. The van der Waals surface area contributed by atoms with Crippen LogP contribution >= 0.6 is 11.8 Å². The molecule has 1 aromatic heterocycles. The minimum Gasteiger partial charge on any atom is -0.496 e. The highest BCUT2D eigenvalue weighted by molar-refractivity contribution is 7.99. The number of ketones is 1. The quantitative estimate of drug-likeness (QED) is 0.331. The van der Waals surface area contributed by atoms with Crippen LogP contribution in [0.5, 0.6) is 5.75 Å². The predicted molar refractivity (Wildman–Crippen MR) is 104 cm³/mol. The van der Waals surface area contributed by atoms with E-state index in [9.17, 15) is 9.18 Å². The first-order chi connectivity index (χ1) is 13.1. The second kappa shape index (κ2) is 8.64. The van der Waals surface area contributed by atoms with Gasteiger partial charge in [-0.2, -0.15) is 0 Å². The lowest BCUT2D eigenvalue weighted by molar-refractivity contribution is 0.101. The maximum atomic E-state index is 13.2. The summed E-state index contributed by atoms with van der Waals surface area (Å²) in [4.78, 5) is 12.6. The summed E-state index contributed by atoms with van der Waals surface area (Å²) >= 11 is 1.29. The molecule has 27 heavy (non-hydrogen) atoms. The highest BCUT2D eigenvalue weighted by atomic mass is 32.2. The van der Waals surface area contributed by atoms with Gasteiger partial charge in [-0.3, -0.25) is 9.36 Å². The first-order valence-electron chi connectivity index (χ1n) is 8.23. The Hall–Kier alpha value is -2.93. The van der Waals surface area contributed by atoms with E-state index in [0.29, 0.717) is 28.8 Å². The van der Waals surface area contributed by atoms with Crippen LogP contribution in [0.4, 0.5) is 4.39 Å².